The van der Waals surface area contributed by atoms with Crippen molar-refractivity contribution in [3.05, 3.63) is 22.1 Å². The van der Waals surface area contributed by atoms with Crippen molar-refractivity contribution in [2.24, 2.45) is 0 Å². The summed E-state index contributed by atoms with van der Waals surface area (Å²) in [4.78, 5) is 15.1. The number of ether oxygens (including phenoxy) is 1. The number of hydrogen-bond donors (Lipinski definition) is 2. The first-order chi connectivity index (χ1) is 8.95. The summed E-state index contributed by atoms with van der Waals surface area (Å²) in [6.45, 7) is 1.60. The summed E-state index contributed by atoms with van der Waals surface area (Å²) in [7, 11) is -2.74. The molecule has 19 heavy (non-hydrogen) atoms. The first-order valence-electron chi connectivity index (χ1n) is 5.00. The highest BCUT2D eigenvalue weighted by Gasteiger charge is 2.28. The Bertz CT molecular complexity index is 690. The highest BCUT2D eigenvalue weighted by Crippen LogP contribution is 2.28. The van der Waals surface area contributed by atoms with Crippen LogP contribution in [0.25, 0.3) is 0 Å². The molecule has 2 aromatic heterocycles. The molecule has 0 aliphatic rings. The minimum absolute atomic E-state index is 0.0204. The van der Waals surface area contributed by atoms with Gasteiger partial charge in [-0.25, -0.2) is 23.0 Å². The molecule has 10 heteroatoms. The molecule has 0 saturated heterocycles. The number of methoxy groups -OCH3 is 1. The fraction of sp³-hybridized carbons (Fsp3) is 0.222. The van der Waals surface area contributed by atoms with Gasteiger partial charge in [0, 0.05) is 0 Å². The SMILES string of the molecule is COC(=O)c1scc(C)c1S(=O)(=O)Nc1ncn[nH]1. The molecule has 0 aromatic carbocycles. The van der Waals surface area contributed by atoms with Crippen LogP contribution in [0.2, 0.25) is 0 Å². The molecule has 102 valence electrons. The summed E-state index contributed by atoms with van der Waals surface area (Å²) >= 11 is 1.01. The number of nitrogens with zero attached hydrogens (tertiary/aromatic N) is 2. The van der Waals surface area contributed by atoms with Gasteiger partial charge in [0.1, 0.15) is 16.1 Å². The second-order valence-electron chi connectivity index (χ2n) is 3.51. The predicted octanol–water partition coefficient (Wildman–Crippen LogP) is 0.762. The fourth-order valence-corrected chi connectivity index (χ4v) is 4.11. The molecule has 2 rings (SSSR count). The van der Waals surface area contributed by atoms with Gasteiger partial charge in [-0.15, -0.1) is 11.3 Å². The number of sulfonamides is 1. The standard InChI is InChI=1S/C9H10N4O4S2/c1-5-3-18-6(8(14)17-2)7(5)19(15,16)13-9-10-4-11-12-9/h3-4H,1-2H3,(H2,10,11,12,13). The normalized spacial score (nSPS) is 11.3. The van der Waals surface area contributed by atoms with Crippen LogP contribution < -0.4 is 4.72 Å². The third-order valence-corrected chi connectivity index (χ3v) is 4.94. The number of aromatic nitrogens is 3. The maximum atomic E-state index is 12.2. The first kappa shape index (κ1) is 13.5. The van der Waals surface area contributed by atoms with E-state index in [0.717, 1.165) is 11.3 Å². The average molecular weight is 302 g/mol. The molecule has 0 spiro atoms. The average Bonchev–Trinajstić information content (AvgIpc) is 2.97. The fourth-order valence-electron chi connectivity index (χ4n) is 1.43. The maximum absolute atomic E-state index is 12.2. The number of carbonyl (C=O) groups excluding carboxylic acids is 1. The Morgan fingerprint density at radius 3 is 2.84 bits per heavy atom. The van der Waals surface area contributed by atoms with Gasteiger partial charge in [0.25, 0.3) is 10.0 Å². The Hall–Kier alpha value is -1.94. The van der Waals surface area contributed by atoms with E-state index < -0.39 is 16.0 Å². The number of carbonyl (C=O) groups is 1. The molecule has 0 aliphatic carbocycles. The second-order valence-corrected chi connectivity index (χ2v) is 6.01. The van der Waals surface area contributed by atoms with Crippen molar-refractivity contribution in [1.29, 1.82) is 0 Å². The van der Waals surface area contributed by atoms with Gasteiger partial charge in [-0.3, -0.25) is 0 Å². The van der Waals surface area contributed by atoms with E-state index in [1.54, 1.807) is 12.3 Å². The first-order valence-corrected chi connectivity index (χ1v) is 7.36. The summed E-state index contributed by atoms with van der Waals surface area (Å²) in [5.41, 5.74) is 0.456. The Kier molecular flexibility index (Phi) is 3.53. The molecule has 0 amide bonds. The molecule has 0 unspecified atom stereocenters. The molecular weight excluding hydrogens is 292 g/mol. The van der Waals surface area contributed by atoms with Crippen molar-refractivity contribution >= 4 is 33.3 Å². The van der Waals surface area contributed by atoms with Crippen LogP contribution in [0.15, 0.2) is 16.6 Å². The van der Waals surface area contributed by atoms with Crippen molar-refractivity contribution < 1.29 is 17.9 Å². The number of anilines is 1. The van der Waals surface area contributed by atoms with Gasteiger partial charge in [0.05, 0.1) is 7.11 Å². The van der Waals surface area contributed by atoms with E-state index in [1.807, 2.05) is 0 Å². The van der Waals surface area contributed by atoms with Crippen molar-refractivity contribution in [2.45, 2.75) is 11.8 Å². The quantitative estimate of drug-likeness (QED) is 0.806. The van der Waals surface area contributed by atoms with Gasteiger partial charge in [-0.2, -0.15) is 10.1 Å². The highest BCUT2D eigenvalue weighted by molar-refractivity contribution is 7.93. The van der Waals surface area contributed by atoms with Crippen molar-refractivity contribution in [3.8, 4) is 0 Å². The summed E-state index contributed by atoms with van der Waals surface area (Å²) in [6, 6.07) is 0. The lowest BCUT2D eigenvalue weighted by atomic mass is 10.3. The largest absolute Gasteiger partial charge is 0.465 e. The van der Waals surface area contributed by atoms with Crippen LogP contribution in [0.4, 0.5) is 5.95 Å². The number of H-pyrrole nitrogens is 1. The van der Waals surface area contributed by atoms with Crippen LogP contribution >= 0.6 is 11.3 Å². The van der Waals surface area contributed by atoms with Gasteiger partial charge in [0.2, 0.25) is 5.95 Å². The van der Waals surface area contributed by atoms with E-state index in [2.05, 4.69) is 24.6 Å². The smallest absolute Gasteiger partial charge is 0.349 e. The van der Waals surface area contributed by atoms with Crippen LogP contribution in [-0.2, 0) is 14.8 Å². The molecule has 8 nitrogen and oxygen atoms in total. The van der Waals surface area contributed by atoms with Crippen molar-refractivity contribution in [2.75, 3.05) is 11.8 Å². The molecule has 0 aliphatic heterocycles. The van der Waals surface area contributed by atoms with Gasteiger partial charge >= 0.3 is 5.97 Å². The lowest BCUT2D eigenvalue weighted by Crippen LogP contribution is -2.17. The van der Waals surface area contributed by atoms with E-state index in [0.29, 0.717) is 5.56 Å². The van der Waals surface area contributed by atoms with Gasteiger partial charge in [-0.1, -0.05) is 0 Å². The van der Waals surface area contributed by atoms with Crippen molar-refractivity contribution in [3.63, 3.8) is 0 Å². The minimum atomic E-state index is -3.93. The van der Waals surface area contributed by atoms with Gasteiger partial charge < -0.3 is 4.74 Å². The minimum Gasteiger partial charge on any atom is -0.465 e. The topological polar surface area (TPSA) is 114 Å². The van der Waals surface area contributed by atoms with Crippen LogP contribution in [0.1, 0.15) is 15.2 Å². The number of thiophene rings is 1. The van der Waals surface area contributed by atoms with Gasteiger partial charge in [-0.05, 0) is 17.9 Å². The third kappa shape index (κ3) is 2.58. The molecule has 0 radical (unpaired) electrons. The zero-order valence-corrected chi connectivity index (χ0v) is 11.6. The molecular formula is C9H10N4O4S2. The Labute approximate surface area is 112 Å². The zero-order chi connectivity index (χ0) is 14.0. The Morgan fingerprint density at radius 1 is 1.53 bits per heavy atom. The van der Waals surface area contributed by atoms with E-state index in [1.165, 1.54) is 13.4 Å². The lowest BCUT2D eigenvalue weighted by Gasteiger charge is -2.06. The number of esters is 1. The molecule has 0 bridgehead atoms. The number of aryl methyl sites for hydroxylation is 1. The maximum Gasteiger partial charge on any atom is 0.349 e. The monoisotopic (exact) mass is 302 g/mol. The molecule has 2 heterocycles. The number of nitrogens with one attached hydrogen (secondary N) is 2. The molecule has 2 N–H and O–H groups in total. The van der Waals surface area contributed by atoms with Crippen LogP contribution in [-0.4, -0.2) is 36.7 Å². The highest BCUT2D eigenvalue weighted by atomic mass is 32.2. The zero-order valence-electron chi connectivity index (χ0n) is 10.00. The summed E-state index contributed by atoms with van der Waals surface area (Å²) < 4.78 is 31.2. The Balaban J connectivity index is 2.46. The third-order valence-electron chi connectivity index (χ3n) is 2.20. The molecule has 0 atom stereocenters. The summed E-state index contributed by atoms with van der Waals surface area (Å²) in [5.74, 6) is -0.725. The van der Waals surface area contributed by atoms with Crippen molar-refractivity contribution in [1.82, 2.24) is 15.2 Å². The van der Waals surface area contributed by atoms with E-state index in [4.69, 9.17) is 0 Å². The molecule has 0 fully saturated rings. The van der Waals surface area contributed by atoms with E-state index in [-0.39, 0.29) is 15.7 Å². The second kappa shape index (κ2) is 4.97. The van der Waals surface area contributed by atoms with Crippen LogP contribution in [0, 0.1) is 6.92 Å². The predicted molar refractivity (Wildman–Crippen MR) is 67.6 cm³/mol. The van der Waals surface area contributed by atoms with Crippen LogP contribution in [0.5, 0.6) is 0 Å². The van der Waals surface area contributed by atoms with Crippen LogP contribution in [0.3, 0.4) is 0 Å². The molecule has 0 saturated carbocycles. The lowest BCUT2D eigenvalue weighted by molar-refractivity contribution is 0.0602. The number of aromatic amines is 1. The van der Waals surface area contributed by atoms with E-state index >= 15 is 0 Å². The van der Waals surface area contributed by atoms with Gasteiger partial charge in [0.15, 0.2) is 0 Å². The molecule has 2 aromatic rings. The van der Waals surface area contributed by atoms with E-state index in [9.17, 15) is 13.2 Å². The number of hydrogen-bond acceptors (Lipinski definition) is 7. The summed E-state index contributed by atoms with van der Waals surface area (Å²) in [6.07, 6.45) is 1.17. The Morgan fingerprint density at radius 2 is 2.26 bits per heavy atom. The summed E-state index contributed by atoms with van der Waals surface area (Å²) in [5, 5.41) is 7.48. The number of rotatable bonds is 4.